The molecule has 1 heterocycles. The van der Waals surface area contributed by atoms with Gasteiger partial charge < -0.3 is 0 Å². The number of hydrogen-bond acceptors (Lipinski definition) is 2. The number of hydrogen-bond donors (Lipinski definition) is 1. The van der Waals surface area contributed by atoms with E-state index in [1.165, 1.54) is 10.4 Å². The molecule has 60 valence electrons. The largest absolute Gasteiger partial charge is 0.289 e. The smallest absolute Gasteiger partial charge is 0.0579 e. The Balaban J connectivity index is 2.79. The average Bonchev–Trinajstić information content (AvgIpc) is 2.28. The van der Waals surface area contributed by atoms with E-state index in [1.807, 2.05) is 24.4 Å². The lowest BCUT2D eigenvalue weighted by atomic mass is 10.2. The summed E-state index contributed by atoms with van der Waals surface area (Å²) in [6.07, 6.45) is 5.97. The Bertz CT molecular complexity index is 432. The fourth-order valence-corrected chi connectivity index (χ4v) is 1.45. The minimum Gasteiger partial charge on any atom is -0.289 e. The van der Waals surface area contributed by atoms with E-state index in [2.05, 4.69) is 29.8 Å². The third-order valence-corrected chi connectivity index (χ3v) is 2.12. The Hall–Kier alpha value is -1.02. The van der Waals surface area contributed by atoms with E-state index in [1.54, 1.807) is 0 Å². The van der Waals surface area contributed by atoms with E-state index >= 15 is 0 Å². The molecule has 0 saturated heterocycles. The minimum absolute atomic E-state index is 0.773. The summed E-state index contributed by atoms with van der Waals surface area (Å²) in [5, 5.41) is 2.44. The van der Waals surface area contributed by atoms with E-state index in [4.69, 9.17) is 0 Å². The highest BCUT2D eigenvalue weighted by atomic mass is 32.1. The van der Waals surface area contributed by atoms with Crippen LogP contribution in [0.2, 0.25) is 0 Å². The lowest BCUT2D eigenvalue weighted by Gasteiger charge is -1.90. The van der Waals surface area contributed by atoms with Crippen LogP contribution in [0.3, 0.4) is 0 Å². The third-order valence-electron chi connectivity index (χ3n) is 1.85. The Morgan fingerprint density at radius 1 is 1.25 bits per heavy atom. The van der Waals surface area contributed by atoms with Gasteiger partial charge in [0.05, 0.1) is 6.54 Å². The van der Waals surface area contributed by atoms with Crippen LogP contribution in [0, 0.1) is 0 Å². The molecule has 0 unspecified atom stereocenters. The molecule has 0 atom stereocenters. The first-order chi connectivity index (χ1) is 5.86. The molecule has 0 fully saturated rings. The summed E-state index contributed by atoms with van der Waals surface area (Å²) >= 11 is 4.28. The average molecular weight is 175 g/mol. The van der Waals surface area contributed by atoms with Gasteiger partial charge in [0, 0.05) is 11.1 Å². The number of rotatable bonds is 0. The summed E-state index contributed by atoms with van der Waals surface area (Å²) in [4.78, 5) is 5.15. The first-order valence-electron chi connectivity index (χ1n) is 3.85. The summed E-state index contributed by atoms with van der Waals surface area (Å²) in [5.41, 5.74) is 0. The van der Waals surface area contributed by atoms with E-state index in [0.29, 0.717) is 0 Å². The molecule has 0 amide bonds. The van der Waals surface area contributed by atoms with Gasteiger partial charge in [0.2, 0.25) is 0 Å². The van der Waals surface area contributed by atoms with Crippen molar-refractivity contribution < 1.29 is 0 Å². The standard InChI is InChI=1S/C10H9NS/c12-10-2-1-8-3-5-11-6-4-9(8)7-10/h1-4,6-7,12H,5H2. The zero-order valence-corrected chi connectivity index (χ0v) is 7.46. The van der Waals surface area contributed by atoms with Crippen LogP contribution in [-0.4, -0.2) is 12.8 Å². The molecule has 1 nitrogen and oxygen atoms in total. The van der Waals surface area contributed by atoms with Crippen molar-refractivity contribution in [2.45, 2.75) is 4.90 Å². The lowest BCUT2D eigenvalue weighted by Crippen LogP contribution is -2.23. The lowest BCUT2D eigenvalue weighted by molar-refractivity contribution is 1.31. The van der Waals surface area contributed by atoms with Crippen molar-refractivity contribution in [3.8, 4) is 0 Å². The fraction of sp³-hybridized carbons (Fsp3) is 0.100. The molecule has 1 aliphatic heterocycles. The first kappa shape index (κ1) is 7.62. The number of nitrogens with zero attached hydrogens (tertiary/aromatic N) is 1. The fourth-order valence-electron chi connectivity index (χ4n) is 1.24. The Morgan fingerprint density at radius 2 is 2.17 bits per heavy atom. The summed E-state index contributed by atoms with van der Waals surface area (Å²) in [5.74, 6) is 0. The maximum Gasteiger partial charge on any atom is 0.0579 e. The molecular formula is C10H9NS. The molecule has 0 spiro atoms. The molecule has 0 aliphatic carbocycles. The molecule has 1 aromatic carbocycles. The summed E-state index contributed by atoms with van der Waals surface area (Å²) in [7, 11) is 0. The maximum atomic E-state index is 4.28. The quantitative estimate of drug-likeness (QED) is 0.555. The molecule has 0 saturated carbocycles. The highest BCUT2D eigenvalue weighted by Crippen LogP contribution is 1.96. The second-order valence-electron chi connectivity index (χ2n) is 2.70. The summed E-state index contributed by atoms with van der Waals surface area (Å²) in [6.45, 7) is 0.773. The Kier molecular flexibility index (Phi) is 2.00. The highest BCUT2D eigenvalue weighted by molar-refractivity contribution is 7.80. The van der Waals surface area contributed by atoms with Gasteiger partial charge in [-0.1, -0.05) is 12.1 Å². The van der Waals surface area contributed by atoms with Crippen molar-refractivity contribution in [2.24, 2.45) is 4.99 Å². The number of fused-ring (bicyclic) bond motifs is 1. The molecule has 0 N–H and O–H groups in total. The van der Waals surface area contributed by atoms with Crippen molar-refractivity contribution in [3.05, 3.63) is 28.6 Å². The SMILES string of the molecule is Sc1ccc2c(c1)=CC=NCC=2. The van der Waals surface area contributed by atoms with Gasteiger partial charge in [-0.25, -0.2) is 0 Å². The van der Waals surface area contributed by atoms with E-state index in [-0.39, 0.29) is 0 Å². The number of aliphatic imine (C=N–C) groups is 1. The molecular weight excluding hydrogens is 166 g/mol. The predicted molar refractivity (Wildman–Crippen MR) is 55.2 cm³/mol. The van der Waals surface area contributed by atoms with Crippen molar-refractivity contribution in [1.82, 2.24) is 0 Å². The van der Waals surface area contributed by atoms with Crippen LogP contribution < -0.4 is 10.4 Å². The zero-order valence-electron chi connectivity index (χ0n) is 6.57. The van der Waals surface area contributed by atoms with E-state index < -0.39 is 0 Å². The molecule has 1 aliphatic rings. The van der Waals surface area contributed by atoms with Gasteiger partial charge in [0.1, 0.15) is 0 Å². The zero-order chi connectivity index (χ0) is 8.39. The topological polar surface area (TPSA) is 12.4 Å². The molecule has 2 rings (SSSR count). The maximum absolute atomic E-state index is 4.28. The molecule has 1 aromatic rings. The number of benzene rings is 1. The van der Waals surface area contributed by atoms with Crippen molar-refractivity contribution in [2.75, 3.05) is 6.54 Å². The molecule has 2 heteroatoms. The van der Waals surface area contributed by atoms with Crippen LogP contribution in [0.1, 0.15) is 0 Å². The summed E-state index contributed by atoms with van der Waals surface area (Å²) in [6, 6.07) is 6.12. The summed E-state index contributed by atoms with van der Waals surface area (Å²) < 4.78 is 0. The van der Waals surface area contributed by atoms with Crippen LogP contribution in [0.4, 0.5) is 0 Å². The molecule has 0 radical (unpaired) electrons. The monoisotopic (exact) mass is 175 g/mol. The van der Waals surface area contributed by atoms with Crippen molar-refractivity contribution in [3.63, 3.8) is 0 Å². The molecule has 0 bridgehead atoms. The second-order valence-corrected chi connectivity index (χ2v) is 3.21. The van der Waals surface area contributed by atoms with Gasteiger partial charge in [0.25, 0.3) is 0 Å². The van der Waals surface area contributed by atoms with Crippen LogP contribution in [0.15, 0.2) is 28.1 Å². The van der Waals surface area contributed by atoms with Gasteiger partial charge >= 0.3 is 0 Å². The van der Waals surface area contributed by atoms with Crippen LogP contribution >= 0.6 is 12.6 Å². The third kappa shape index (κ3) is 1.43. The highest BCUT2D eigenvalue weighted by Gasteiger charge is 1.89. The van der Waals surface area contributed by atoms with Crippen LogP contribution in [-0.2, 0) is 0 Å². The molecule has 12 heavy (non-hydrogen) atoms. The number of thiol groups is 1. The van der Waals surface area contributed by atoms with E-state index in [9.17, 15) is 0 Å². The van der Waals surface area contributed by atoms with Crippen LogP contribution in [0.5, 0.6) is 0 Å². The molecule has 0 aromatic heterocycles. The van der Waals surface area contributed by atoms with Gasteiger partial charge in [-0.15, -0.1) is 12.6 Å². The van der Waals surface area contributed by atoms with Gasteiger partial charge in [-0.3, -0.25) is 4.99 Å². The van der Waals surface area contributed by atoms with Gasteiger partial charge in [-0.05, 0) is 28.6 Å². The first-order valence-corrected chi connectivity index (χ1v) is 4.30. The van der Waals surface area contributed by atoms with E-state index in [0.717, 1.165) is 11.4 Å². The van der Waals surface area contributed by atoms with Crippen molar-refractivity contribution in [1.29, 1.82) is 0 Å². The normalized spacial score (nSPS) is 14.1. The van der Waals surface area contributed by atoms with Crippen molar-refractivity contribution >= 4 is 31.0 Å². The Labute approximate surface area is 76.6 Å². The second kappa shape index (κ2) is 3.15. The predicted octanol–water partition coefficient (Wildman–Crippen LogP) is 0.621. The van der Waals surface area contributed by atoms with Gasteiger partial charge in [-0.2, -0.15) is 0 Å². The Morgan fingerprint density at radius 3 is 3.08 bits per heavy atom. The minimum atomic E-state index is 0.773. The van der Waals surface area contributed by atoms with Crippen LogP contribution in [0.25, 0.3) is 12.2 Å². The van der Waals surface area contributed by atoms with Gasteiger partial charge in [0.15, 0.2) is 0 Å².